The summed E-state index contributed by atoms with van der Waals surface area (Å²) in [6, 6.07) is 5.29. The van der Waals surface area contributed by atoms with Crippen LogP contribution in [0.4, 0.5) is 0 Å². The molecule has 1 aromatic carbocycles. The number of hydrogen-bond acceptors (Lipinski definition) is 4. The molecule has 2 unspecified atom stereocenters. The topological polar surface area (TPSA) is 58.9 Å². The molecule has 4 heteroatoms. The summed E-state index contributed by atoms with van der Waals surface area (Å²) >= 11 is 0. The highest BCUT2D eigenvalue weighted by atomic mass is 16.5. The molecule has 0 bridgehead atoms. The summed E-state index contributed by atoms with van der Waals surface area (Å²) < 4.78 is 10.4. The van der Waals surface area contributed by atoms with Crippen molar-refractivity contribution in [2.45, 2.75) is 25.0 Å². The lowest BCUT2D eigenvalue weighted by Crippen LogP contribution is -2.21. The van der Waals surface area contributed by atoms with Crippen LogP contribution in [0.2, 0.25) is 0 Å². The molecule has 94 valence electrons. The number of aliphatic hydroxyl groups is 2. The number of methoxy groups -OCH3 is 2. The first-order valence-electron chi connectivity index (χ1n) is 5.76. The first-order chi connectivity index (χ1) is 8.19. The monoisotopic (exact) mass is 238 g/mol. The van der Waals surface area contributed by atoms with Crippen molar-refractivity contribution in [1.82, 2.24) is 0 Å². The van der Waals surface area contributed by atoms with Gasteiger partial charge in [-0.25, -0.2) is 0 Å². The van der Waals surface area contributed by atoms with E-state index in [1.807, 2.05) is 0 Å². The lowest BCUT2D eigenvalue weighted by molar-refractivity contribution is 0.00234. The van der Waals surface area contributed by atoms with Gasteiger partial charge >= 0.3 is 0 Å². The molecule has 0 aliphatic heterocycles. The Morgan fingerprint density at radius 3 is 2.06 bits per heavy atom. The Labute approximate surface area is 101 Å². The van der Waals surface area contributed by atoms with Gasteiger partial charge in [0, 0.05) is 0 Å². The van der Waals surface area contributed by atoms with Gasteiger partial charge in [0.05, 0.1) is 25.9 Å². The molecule has 1 saturated carbocycles. The number of hydrogen-bond donors (Lipinski definition) is 2. The van der Waals surface area contributed by atoms with E-state index in [0.29, 0.717) is 17.1 Å². The zero-order chi connectivity index (χ0) is 12.4. The molecule has 2 atom stereocenters. The molecule has 4 nitrogen and oxygen atoms in total. The Hall–Kier alpha value is -1.26. The quantitative estimate of drug-likeness (QED) is 0.816. The Morgan fingerprint density at radius 1 is 1.12 bits per heavy atom. The SMILES string of the molecule is COc1cccc(OC)c1C(O)C(O)C1CC1. The average molecular weight is 238 g/mol. The van der Waals surface area contributed by atoms with Crippen molar-refractivity contribution in [3.63, 3.8) is 0 Å². The normalized spacial score (nSPS) is 18.6. The molecule has 1 aromatic rings. The van der Waals surface area contributed by atoms with Crippen LogP contribution in [-0.4, -0.2) is 30.5 Å². The van der Waals surface area contributed by atoms with Gasteiger partial charge in [0.15, 0.2) is 0 Å². The zero-order valence-corrected chi connectivity index (χ0v) is 10.1. The van der Waals surface area contributed by atoms with Gasteiger partial charge in [-0.05, 0) is 30.9 Å². The van der Waals surface area contributed by atoms with E-state index in [2.05, 4.69) is 0 Å². The third-order valence-electron chi connectivity index (χ3n) is 3.19. The highest BCUT2D eigenvalue weighted by molar-refractivity contribution is 5.46. The molecule has 2 rings (SSSR count). The van der Waals surface area contributed by atoms with Gasteiger partial charge in [0.25, 0.3) is 0 Å². The first-order valence-corrected chi connectivity index (χ1v) is 5.76. The van der Waals surface area contributed by atoms with Gasteiger partial charge in [-0.1, -0.05) is 6.07 Å². The van der Waals surface area contributed by atoms with Gasteiger partial charge in [0.2, 0.25) is 0 Å². The van der Waals surface area contributed by atoms with Crippen LogP contribution in [0, 0.1) is 5.92 Å². The van der Waals surface area contributed by atoms with Crippen molar-refractivity contribution >= 4 is 0 Å². The van der Waals surface area contributed by atoms with E-state index in [1.165, 1.54) is 14.2 Å². The van der Waals surface area contributed by atoms with Crippen LogP contribution in [0.1, 0.15) is 24.5 Å². The largest absolute Gasteiger partial charge is 0.496 e. The molecule has 1 aliphatic carbocycles. The Balaban J connectivity index is 2.33. The van der Waals surface area contributed by atoms with Crippen LogP contribution in [0.3, 0.4) is 0 Å². The van der Waals surface area contributed by atoms with E-state index in [1.54, 1.807) is 18.2 Å². The highest BCUT2D eigenvalue weighted by Gasteiger charge is 2.37. The van der Waals surface area contributed by atoms with Crippen molar-refractivity contribution in [2.24, 2.45) is 5.92 Å². The highest BCUT2D eigenvalue weighted by Crippen LogP contribution is 2.42. The Bertz CT molecular complexity index is 365. The Kier molecular flexibility index (Phi) is 3.54. The fourth-order valence-electron chi connectivity index (χ4n) is 2.04. The van der Waals surface area contributed by atoms with Crippen LogP contribution in [0.15, 0.2) is 18.2 Å². The summed E-state index contributed by atoms with van der Waals surface area (Å²) in [4.78, 5) is 0. The molecule has 17 heavy (non-hydrogen) atoms. The lowest BCUT2D eigenvalue weighted by atomic mass is 9.99. The third kappa shape index (κ3) is 2.37. The fourth-order valence-corrected chi connectivity index (χ4v) is 2.04. The maximum Gasteiger partial charge on any atom is 0.128 e. The summed E-state index contributed by atoms with van der Waals surface area (Å²) in [5.41, 5.74) is 0.525. The molecular weight excluding hydrogens is 220 g/mol. The minimum atomic E-state index is -0.964. The van der Waals surface area contributed by atoms with Crippen molar-refractivity contribution in [3.05, 3.63) is 23.8 Å². The molecule has 1 aliphatic rings. The van der Waals surface area contributed by atoms with Crippen molar-refractivity contribution < 1.29 is 19.7 Å². The molecule has 0 spiro atoms. The lowest BCUT2D eigenvalue weighted by Gasteiger charge is -2.22. The van der Waals surface area contributed by atoms with Crippen LogP contribution >= 0.6 is 0 Å². The van der Waals surface area contributed by atoms with Crippen LogP contribution in [0.25, 0.3) is 0 Å². The van der Waals surface area contributed by atoms with E-state index in [0.717, 1.165) is 12.8 Å². The van der Waals surface area contributed by atoms with Crippen molar-refractivity contribution in [2.75, 3.05) is 14.2 Å². The Morgan fingerprint density at radius 2 is 1.65 bits per heavy atom. The maximum atomic E-state index is 10.2. The predicted octanol–water partition coefficient (Wildman–Crippen LogP) is 1.51. The molecule has 0 amide bonds. The molecular formula is C13H18O4. The second-order valence-corrected chi connectivity index (χ2v) is 4.35. The number of aliphatic hydroxyl groups excluding tert-OH is 2. The summed E-state index contributed by atoms with van der Waals surface area (Å²) in [5, 5.41) is 20.2. The van der Waals surface area contributed by atoms with E-state index in [9.17, 15) is 10.2 Å². The fraction of sp³-hybridized carbons (Fsp3) is 0.538. The van der Waals surface area contributed by atoms with Gasteiger partial charge in [-0.3, -0.25) is 0 Å². The van der Waals surface area contributed by atoms with Gasteiger partial charge < -0.3 is 19.7 Å². The third-order valence-corrected chi connectivity index (χ3v) is 3.19. The summed E-state index contributed by atoms with van der Waals surface area (Å²) in [7, 11) is 3.07. The standard InChI is InChI=1S/C13H18O4/c1-16-9-4-3-5-10(17-2)11(9)13(15)12(14)8-6-7-8/h3-5,8,12-15H,6-7H2,1-2H3. The van der Waals surface area contributed by atoms with E-state index >= 15 is 0 Å². The number of ether oxygens (including phenoxy) is 2. The van der Waals surface area contributed by atoms with Crippen molar-refractivity contribution in [1.29, 1.82) is 0 Å². The van der Waals surface area contributed by atoms with Crippen LogP contribution in [-0.2, 0) is 0 Å². The number of benzene rings is 1. The van der Waals surface area contributed by atoms with Gasteiger partial charge in [0.1, 0.15) is 17.6 Å². The van der Waals surface area contributed by atoms with E-state index in [4.69, 9.17) is 9.47 Å². The minimum absolute atomic E-state index is 0.194. The zero-order valence-electron chi connectivity index (χ0n) is 10.1. The molecule has 0 heterocycles. The van der Waals surface area contributed by atoms with Gasteiger partial charge in [-0.15, -0.1) is 0 Å². The predicted molar refractivity (Wildman–Crippen MR) is 63.2 cm³/mol. The molecule has 0 saturated heterocycles. The van der Waals surface area contributed by atoms with E-state index in [-0.39, 0.29) is 5.92 Å². The second kappa shape index (κ2) is 4.94. The molecule has 0 radical (unpaired) electrons. The summed E-state index contributed by atoms with van der Waals surface area (Å²) in [5.74, 6) is 1.27. The van der Waals surface area contributed by atoms with Crippen LogP contribution < -0.4 is 9.47 Å². The smallest absolute Gasteiger partial charge is 0.128 e. The summed E-state index contributed by atoms with van der Waals surface area (Å²) in [6.45, 7) is 0. The van der Waals surface area contributed by atoms with Crippen LogP contribution in [0.5, 0.6) is 11.5 Å². The second-order valence-electron chi connectivity index (χ2n) is 4.35. The maximum absolute atomic E-state index is 10.2. The number of rotatable bonds is 5. The molecule has 1 fully saturated rings. The van der Waals surface area contributed by atoms with E-state index < -0.39 is 12.2 Å². The summed E-state index contributed by atoms with van der Waals surface area (Å²) in [6.07, 6.45) is 0.222. The minimum Gasteiger partial charge on any atom is -0.496 e. The van der Waals surface area contributed by atoms with Crippen molar-refractivity contribution in [3.8, 4) is 11.5 Å². The average Bonchev–Trinajstić information content (AvgIpc) is 3.20. The molecule has 0 aromatic heterocycles. The van der Waals surface area contributed by atoms with Gasteiger partial charge in [-0.2, -0.15) is 0 Å². The first kappa shape index (κ1) is 12.2. The molecule has 2 N–H and O–H groups in total.